The van der Waals surface area contributed by atoms with E-state index in [0.29, 0.717) is 12.1 Å². The van der Waals surface area contributed by atoms with E-state index in [1.54, 1.807) is 0 Å². The molecule has 0 rings (SSSR count). The molecule has 0 aliphatic heterocycles. The fourth-order valence-corrected chi connectivity index (χ4v) is 1.13. The maximum atomic E-state index is 11.1. The molecule has 0 amide bonds. The van der Waals surface area contributed by atoms with Crippen molar-refractivity contribution in [2.75, 3.05) is 14.2 Å². The van der Waals surface area contributed by atoms with Gasteiger partial charge in [0.1, 0.15) is 7.11 Å². The van der Waals surface area contributed by atoms with Crippen LogP contribution in [0, 0.1) is 0 Å². The number of rotatable bonds is 7. The number of unbranched alkanes of at least 4 members (excludes halogenated alkanes) is 3. The molecule has 0 saturated carbocycles. The second-order valence-corrected chi connectivity index (χ2v) is 3.02. The lowest BCUT2D eigenvalue weighted by Gasteiger charge is -2.02. The van der Waals surface area contributed by atoms with Gasteiger partial charge in [0.25, 0.3) is 0 Å². The molecule has 0 unspecified atom stereocenters. The Kier molecular flexibility index (Phi) is 7.89. The summed E-state index contributed by atoms with van der Waals surface area (Å²) in [4.78, 5) is 15.7. The highest BCUT2D eigenvalue weighted by Crippen LogP contribution is 2.04. The summed E-state index contributed by atoms with van der Waals surface area (Å²) in [6, 6.07) is 0. The van der Waals surface area contributed by atoms with Gasteiger partial charge in [-0.25, -0.2) is 4.79 Å². The molecule has 0 radical (unpaired) electrons. The number of ether oxygens (including phenoxy) is 1. The van der Waals surface area contributed by atoms with Crippen LogP contribution in [0.1, 0.15) is 39.0 Å². The van der Waals surface area contributed by atoms with Crippen LogP contribution in [-0.4, -0.2) is 25.9 Å². The minimum absolute atomic E-state index is 0.367. The Bertz CT molecular complexity index is 190. The van der Waals surface area contributed by atoms with Crippen molar-refractivity contribution in [2.45, 2.75) is 39.0 Å². The SMILES string of the molecule is CCCCCCC(=NOC)C(=O)OC. The summed E-state index contributed by atoms with van der Waals surface area (Å²) in [5.41, 5.74) is 0.367. The number of nitrogens with zero attached hydrogens (tertiary/aromatic N) is 1. The third-order valence-corrected chi connectivity index (χ3v) is 1.89. The van der Waals surface area contributed by atoms with Gasteiger partial charge in [0.2, 0.25) is 0 Å². The average Bonchev–Trinajstić information content (AvgIpc) is 2.21. The molecule has 82 valence electrons. The van der Waals surface area contributed by atoms with Gasteiger partial charge in [-0.05, 0) is 6.42 Å². The number of methoxy groups -OCH3 is 1. The Morgan fingerprint density at radius 2 is 1.93 bits per heavy atom. The topological polar surface area (TPSA) is 47.9 Å². The van der Waals surface area contributed by atoms with Crippen LogP contribution < -0.4 is 0 Å². The van der Waals surface area contributed by atoms with Crippen LogP contribution in [0.25, 0.3) is 0 Å². The Morgan fingerprint density at radius 1 is 1.21 bits per heavy atom. The molecule has 14 heavy (non-hydrogen) atoms. The molecule has 0 heterocycles. The number of hydrogen-bond acceptors (Lipinski definition) is 4. The molecule has 0 bridgehead atoms. The summed E-state index contributed by atoms with van der Waals surface area (Å²) < 4.78 is 4.57. The van der Waals surface area contributed by atoms with E-state index in [9.17, 15) is 4.79 Å². The van der Waals surface area contributed by atoms with Crippen LogP contribution in [0.5, 0.6) is 0 Å². The zero-order valence-electron chi connectivity index (χ0n) is 9.21. The Balaban J connectivity index is 3.86. The van der Waals surface area contributed by atoms with E-state index in [-0.39, 0.29) is 0 Å². The molecule has 0 fully saturated rings. The van der Waals surface area contributed by atoms with Gasteiger partial charge < -0.3 is 9.57 Å². The minimum atomic E-state index is -0.400. The first-order chi connectivity index (χ1) is 6.76. The van der Waals surface area contributed by atoms with E-state index in [4.69, 9.17) is 0 Å². The molecule has 0 aliphatic carbocycles. The predicted molar refractivity (Wildman–Crippen MR) is 55.2 cm³/mol. The predicted octanol–water partition coefficient (Wildman–Crippen LogP) is 2.13. The fourth-order valence-electron chi connectivity index (χ4n) is 1.13. The first kappa shape index (κ1) is 12.9. The van der Waals surface area contributed by atoms with Crippen molar-refractivity contribution >= 4 is 11.7 Å². The molecule has 0 aromatic heterocycles. The maximum absolute atomic E-state index is 11.1. The molecule has 0 saturated heterocycles. The molecule has 0 N–H and O–H groups in total. The fraction of sp³-hybridized carbons (Fsp3) is 0.800. The van der Waals surface area contributed by atoms with Crippen molar-refractivity contribution in [3.05, 3.63) is 0 Å². The summed E-state index contributed by atoms with van der Waals surface area (Å²) in [5, 5.41) is 3.63. The molecule has 0 atom stereocenters. The highest BCUT2D eigenvalue weighted by atomic mass is 16.6. The van der Waals surface area contributed by atoms with Gasteiger partial charge in [-0.3, -0.25) is 0 Å². The largest absolute Gasteiger partial charge is 0.464 e. The lowest BCUT2D eigenvalue weighted by atomic mass is 10.1. The highest BCUT2D eigenvalue weighted by Gasteiger charge is 2.11. The molecule has 0 aromatic carbocycles. The van der Waals surface area contributed by atoms with Crippen molar-refractivity contribution in [1.82, 2.24) is 0 Å². The molecule has 0 aromatic rings. The normalized spacial score (nSPS) is 11.2. The van der Waals surface area contributed by atoms with Crippen molar-refractivity contribution in [3.63, 3.8) is 0 Å². The van der Waals surface area contributed by atoms with Crippen LogP contribution >= 0.6 is 0 Å². The third kappa shape index (κ3) is 5.56. The van der Waals surface area contributed by atoms with E-state index < -0.39 is 5.97 Å². The van der Waals surface area contributed by atoms with Gasteiger partial charge in [-0.15, -0.1) is 0 Å². The van der Waals surface area contributed by atoms with Crippen molar-refractivity contribution < 1.29 is 14.4 Å². The summed E-state index contributed by atoms with van der Waals surface area (Å²) >= 11 is 0. The maximum Gasteiger partial charge on any atom is 0.355 e. The van der Waals surface area contributed by atoms with E-state index in [0.717, 1.165) is 12.8 Å². The van der Waals surface area contributed by atoms with Gasteiger partial charge in [-0.1, -0.05) is 31.3 Å². The van der Waals surface area contributed by atoms with Gasteiger partial charge in [-0.2, -0.15) is 0 Å². The van der Waals surface area contributed by atoms with E-state index in [2.05, 4.69) is 21.7 Å². The third-order valence-electron chi connectivity index (χ3n) is 1.89. The smallest absolute Gasteiger partial charge is 0.355 e. The molecule has 0 spiro atoms. The monoisotopic (exact) mass is 201 g/mol. The van der Waals surface area contributed by atoms with Gasteiger partial charge in [0.15, 0.2) is 5.71 Å². The lowest BCUT2D eigenvalue weighted by molar-refractivity contribution is -0.133. The van der Waals surface area contributed by atoms with Crippen molar-refractivity contribution in [3.8, 4) is 0 Å². The summed E-state index contributed by atoms with van der Waals surface area (Å²) in [6.45, 7) is 2.14. The first-order valence-corrected chi connectivity index (χ1v) is 4.94. The van der Waals surface area contributed by atoms with E-state index >= 15 is 0 Å². The second kappa shape index (κ2) is 8.53. The van der Waals surface area contributed by atoms with Gasteiger partial charge in [0.05, 0.1) is 7.11 Å². The van der Waals surface area contributed by atoms with Crippen molar-refractivity contribution in [1.29, 1.82) is 0 Å². The quantitative estimate of drug-likeness (QED) is 0.274. The van der Waals surface area contributed by atoms with E-state index in [1.807, 2.05) is 0 Å². The zero-order valence-corrected chi connectivity index (χ0v) is 9.21. The molecule has 4 heteroatoms. The van der Waals surface area contributed by atoms with Gasteiger partial charge in [0, 0.05) is 6.42 Å². The lowest BCUT2D eigenvalue weighted by Crippen LogP contribution is -2.16. The van der Waals surface area contributed by atoms with Crippen LogP contribution in [0.2, 0.25) is 0 Å². The first-order valence-electron chi connectivity index (χ1n) is 4.94. The second-order valence-electron chi connectivity index (χ2n) is 3.02. The van der Waals surface area contributed by atoms with Crippen molar-refractivity contribution in [2.24, 2.45) is 5.16 Å². The van der Waals surface area contributed by atoms with Crippen LogP contribution in [-0.2, 0) is 14.4 Å². The van der Waals surface area contributed by atoms with Gasteiger partial charge >= 0.3 is 5.97 Å². The molecular formula is C10H19NO3. The number of hydrogen-bond donors (Lipinski definition) is 0. The van der Waals surface area contributed by atoms with Crippen LogP contribution in [0.3, 0.4) is 0 Å². The summed E-state index contributed by atoms with van der Waals surface area (Å²) in [7, 11) is 2.77. The standard InChI is InChI=1S/C10H19NO3/c1-4-5-6-7-8-9(11-14-3)10(12)13-2/h4-8H2,1-3H3. The Morgan fingerprint density at radius 3 is 2.43 bits per heavy atom. The summed E-state index contributed by atoms with van der Waals surface area (Å²) in [6.07, 6.45) is 5.04. The minimum Gasteiger partial charge on any atom is -0.464 e. The highest BCUT2D eigenvalue weighted by molar-refractivity contribution is 6.36. The zero-order chi connectivity index (χ0) is 10.8. The van der Waals surface area contributed by atoms with E-state index in [1.165, 1.54) is 27.1 Å². The number of carbonyl (C=O) groups is 1. The molecule has 0 aliphatic rings. The average molecular weight is 201 g/mol. The summed E-state index contributed by atoms with van der Waals surface area (Å²) in [5.74, 6) is -0.400. The van der Waals surface area contributed by atoms with Crippen LogP contribution in [0.15, 0.2) is 5.16 Å². The van der Waals surface area contributed by atoms with Crippen LogP contribution in [0.4, 0.5) is 0 Å². The number of oxime groups is 1. The Hall–Kier alpha value is -1.06. The Labute approximate surface area is 85.3 Å². The number of carbonyl (C=O) groups excluding carboxylic acids is 1. The molecule has 4 nitrogen and oxygen atoms in total. The number of esters is 1. The molecular weight excluding hydrogens is 182 g/mol.